The lowest BCUT2D eigenvalue weighted by atomic mass is 10.0. The molecule has 3 aromatic rings. The predicted octanol–water partition coefficient (Wildman–Crippen LogP) is 4.79. The normalized spacial score (nSPS) is 11.1. The number of nitrogens with one attached hydrogen (secondary N) is 1. The van der Waals surface area contributed by atoms with E-state index in [1.807, 2.05) is 62.9 Å². The minimum absolute atomic E-state index is 0.141. The highest BCUT2D eigenvalue weighted by molar-refractivity contribution is 5.88. The monoisotopic (exact) mass is 490 g/mol. The Hall–Kier alpha value is -4.06. The van der Waals surface area contributed by atoms with Crippen LogP contribution in [0.15, 0.2) is 42.6 Å². The second-order valence-electron chi connectivity index (χ2n) is 9.33. The molecule has 1 heterocycles. The van der Waals surface area contributed by atoms with Crippen molar-refractivity contribution in [2.75, 3.05) is 30.3 Å². The Morgan fingerprint density at radius 3 is 2.67 bits per heavy atom. The summed E-state index contributed by atoms with van der Waals surface area (Å²) in [4.78, 5) is 22.8. The number of hydrogen-bond donors (Lipinski definition) is 2. The molecular weight excluding hydrogens is 456 g/mol. The van der Waals surface area contributed by atoms with Gasteiger partial charge in [0.05, 0.1) is 19.3 Å². The van der Waals surface area contributed by atoms with Crippen LogP contribution in [0.3, 0.4) is 0 Å². The van der Waals surface area contributed by atoms with E-state index in [1.165, 1.54) is 6.20 Å². The van der Waals surface area contributed by atoms with Crippen LogP contribution < -0.4 is 20.7 Å². The molecule has 0 unspecified atom stereocenters. The third-order valence-electron chi connectivity index (χ3n) is 5.38. The summed E-state index contributed by atoms with van der Waals surface area (Å²) >= 11 is 0. The van der Waals surface area contributed by atoms with Crippen molar-refractivity contribution in [1.29, 1.82) is 5.26 Å². The number of rotatable bonds is 10. The molecule has 36 heavy (non-hydrogen) atoms. The van der Waals surface area contributed by atoms with E-state index in [0.29, 0.717) is 32.2 Å². The van der Waals surface area contributed by atoms with Gasteiger partial charge in [0.2, 0.25) is 5.95 Å². The molecule has 0 saturated heterocycles. The highest BCUT2D eigenvalue weighted by Crippen LogP contribution is 2.30. The Bertz CT molecular complexity index is 1230. The summed E-state index contributed by atoms with van der Waals surface area (Å²) in [6.45, 7) is 9.57. The molecule has 9 heteroatoms. The zero-order valence-electron chi connectivity index (χ0n) is 21.4. The number of ether oxygens (including phenoxy) is 2. The van der Waals surface area contributed by atoms with Crippen LogP contribution in [0.1, 0.15) is 51.7 Å². The number of carbonyl (C=O) groups is 1. The molecule has 0 saturated carbocycles. The molecule has 9 nitrogen and oxygen atoms in total. The third kappa shape index (κ3) is 7.22. The van der Waals surface area contributed by atoms with Gasteiger partial charge in [0.1, 0.15) is 28.8 Å². The summed E-state index contributed by atoms with van der Waals surface area (Å²) in [6.07, 6.45) is 2.50. The lowest BCUT2D eigenvalue weighted by molar-refractivity contribution is 0.0527. The zero-order valence-corrected chi connectivity index (χ0v) is 21.4. The van der Waals surface area contributed by atoms with Crippen LogP contribution in [0.5, 0.6) is 5.75 Å². The number of hydrogen-bond acceptors (Lipinski definition) is 8. The van der Waals surface area contributed by atoms with Crippen LogP contribution in [0.4, 0.5) is 16.6 Å². The van der Waals surface area contributed by atoms with Crippen molar-refractivity contribution in [2.24, 2.45) is 0 Å². The van der Waals surface area contributed by atoms with Crippen LogP contribution in [0.2, 0.25) is 0 Å². The summed E-state index contributed by atoms with van der Waals surface area (Å²) in [5.74, 6) is 1.37. The van der Waals surface area contributed by atoms with E-state index in [1.54, 1.807) is 0 Å². The molecule has 3 N–H and O–H groups in total. The van der Waals surface area contributed by atoms with Crippen LogP contribution in [0.25, 0.3) is 10.8 Å². The number of nitrogens with two attached hydrogens (primary N) is 1. The van der Waals surface area contributed by atoms with E-state index in [2.05, 4.69) is 27.4 Å². The van der Waals surface area contributed by atoms with E-state index in [0.717, 1.165) is 34.9 Å². The molecule has 0 bridgehead atoms. The zero-order chi connectivity index (χ0) is 26.1. The van der Waals surface area contributed by atoms with Crippen LogP contribution in [-0.2, 0) is 11.3 Å². The van der Waals surface area contributed by atoms with Gasteiger partial charge in [-0.2, -0.15) is 10.2 Å². The SMILES string of the molecule is CCOc1ccc2ccccc2c1CN(CCCCNC(=O)OC(C)(C)C)c1ncc(C#N)c(N)n1. The molecule has 0 radical (unpaired) electrons. The smallest absolute Gasteiger partial charge is 0.407 e. The van der Waals surface area contributed by atoms with Crippen molar-refractivity contribution in [1.82, 2.24) is 15.3 Å². The Kier molecular flexibility index (Phi) is 8.90. The summed E-state index contributed by atoms with van der Waals surface area (Å²) < 4.78 is 11.2. The summed E-state index contributed by atoms with van der Waals surface area (Å²) in [6, 6.07) is 14.2. The predicted molar refractivity (Wildman–Crippen MR) is 141 cm³/mol. The summed E-state index contributed by atoms with van der Waals surface area (Å²) in [5.41, 5.74) is 6.73. The molecule has 0 aliphatic heterocycles. The van der Waals surface area contributed by atoms with Crippen molar-refractivity contribution in [3.05, 3.63) is 53.7 Å². The minimum atomic E-state index is -0.537. The van der Waals surface area contributed by atoms with Gasteiger partial charge in [-0.15, -0.1) is 0 Å². The van der Waals surface area contributed by atoms with Crippen LogP contribution in [-0.4, -0.2) is 41.4 Å². The molecule has 0 aliphatic carbocycles. The number of unbranched alkanes of at least 4 members (excludes halogenated alkanes) is 1. The van der Waals surface area contributed by atoms with Gasteiger partial charge < -0.3 is 25.4 Å². The molecule has 1 amide bonds. The Labute approximate surface area is 212 Å². The second-order valence-corrected chi connectivity index (χ2v) is 9.33. The van der Waals surface area contributed by atoms with Gasteiger partial charge >= 0.3 is 6.09 Å². The number of aromatic nitrogens is 2. The van der Waals surface area contributed by atoms with Crippen molar-refractivity contribution in [2.45, 2.75) is 52.7 Å². The Morgan fingerprint density at radius 1 is 1.19 bits per heavy atom. The quantitative estimate of drug-likeness (QED) is 0.388. The fraction of sp³-hybridized carbons (Fsp3) is 0.407. The number of carbonyl (C=O) groups excluding carboxylic acids is 1. The van der Waals surface area contributed by atoms with Crippen molar-refractivity contribution in [3.63, 3.8) is 0 Å². The number of anilines is 2. The minimum Gasteiger partial charge on any atom is -0.494 e. The average molecular weight is 491 g/mol. The maximum absolute atomic E-state index is 11.9. The average Bonchev–Trinajstić information content (AvgIpc) is 2.83. The number of nitrogens with zero attached hydrogens (tertiary/aromatic N) is 4. The first-order chi connectivity index (χ1) is 17.2. The molecule has 190 valence electrons. The first-order valence-electron chi connectivity index (χ1n) is 12.1. The fourth-order valence-corrected chi connectivity index (χ4v) is 3.77. The van der Waals surface area contributed by atoms with E-state index < -0.39 is 11.7 Å². The highest BCUT2D eigenvalue weighted by Gasteiger charge is 2.18. The van der Waals surface area contributed by atoms with E-state index >= 15 is 0 Å². The first-order valence-corrected chi connectivity index (χ1v) is 12.1. The number of nitrogen functional groups attached to an aromatic ring is 1. The molecule has 0 atom stereocenters. The van der Waals surface area contributed by atoms with Crippen molar-refractivity contribution < 1.29 is 14.3 Å². The fourth-order valence-electron chi connectivity index (χ4n) is 3.77. The summed E-state index contributed by atoms with van der Waals surface area (Å²) in [7, 11) is 0. The molecule has 1 aromatic heterocycles. The van der Waals surface area contributed by atoms with E-state index in [4.69, 9.17) is 15.2 Å². The van der Waals surface area contributed by atoms with Crippen LogP contribution in [0, 0.1) is 11.3 Å². The number of alkyl carbamates (subject to hydrolysis) is 1. The third-order valence-corrected chi connectivity index (χ3v) is 5.38. The Morgan fingerprint density at radius 2 is 1.97 bits per heavy atom. The van der Waals surface area contributed by atoms with Gasteiger partial charge in [0.25, 0.3) is 0 Å². The molecule has 0 spiro atoms. The van der Waals surface area contributed by atoms with Crippen molar-refractivity contribution in [3.8, 4) is 11.8 Å². The van der Waals surface area contributed by atoms with Gasteiger partial charge in [0, 0.05) is 18.7 Å². The molecule has 0 aliphatic rings. The number of benzene rings is 2. The van der Waals surface area contributed by atoms with E-state index in [-0.39, 0.29) is 11.4 Å². The molecular formula is C27H34N6O3. The summed E-state index contributed by atoms with van der Waals surface area (Å²) in [5, 5.41) is 14.2. The van der Waals surface area contributed by atoms with E-state index in [9.17, 15) is 10.1 Å². The largest absolute Gasteiger partial charge is 0.494 e. The molecule has 2 aromatic carbocycles. The Balaban J connectivity index is 1.81. The first kappa shape index (κ1) is 26.5. The number of fused-ring (bicyclic) bond motifs is 1. The van der Waals surface area contributed by atoms with Crippen LogP contribution >= 0.6 is 0 Å². The van der Waals surface area contributed by atoms with Gasteiger partial charge in [-0.25, -0.2) is 9.78 Å². The topological polar surface area (TPSA) is 126 Å². The van der Waals surface area contributed by atoms with Crippen molar-refractivity contribution >= 4 is 28.6 Å². The molecule has 3 rings (SSSR count). The molecule has 0 fully saturated rings. The second kappa shape index (κ2) is 12.1. The van der Waals surface area contributed by atoms with Gasteiger partial charge in [-0.05, 0) is 57.4 Å². The van der Waals surface area contributed by atoms with Gasteiger partial charge in [-0.3, -0.25) is 0 Å². The number of amides is 1. The maximum Gasteiger partial charge on any atom is 0.407 e. The lowest BCUT2D eigenvalue weighted by Gasteiger charge is -2.25. The van der Waals surface area contributed by atoms with Gasteiger partial charge in [0.15, 0.2) is 0 Å². The highest BCUT2D eigenvalue weighted by atomic mass is 16.6. The maximum atomic E-state index is 11.9. The standard InChI is InChI=1S/C27H34N6O3/c1-5-35-23-13-12-19-10-6-7-11-21(19)22(23)18-33(25-31-17-20(16-28)24(29)32-25)15-9-8-14-30-26(34)36-27(2,3)4/h6-7,10-13,17H,5,8-9,14-15,18H2,1-4H3,(H,30,34)(H2,29,31,32). The van der Waals surface area contributed by atoms with Gasteiger partial charge in [-0.1, -0.05) is 30.3 Å². The lowest BCUT2D eigenvalue weighted by Crippen LogP contribution is -2.33. The number of nitriles is 1.